The Balaban J connectivity index is 1.46. The van der Waals surface area contributed by atoms with E-state index in [1.54, 1.807) is 24.4 Å². The summed E-state index contributed by atoms with van der Waals surface area (Å²) >= 11 is 0. The van der Waals surface area contributed by atoms with Crippen molar-refractivity contribution in [3.8, 4) is 0 Å². The zero-order valence-electron chi connectivity index (χ0n) is 14.0. The highest BCUT2D eigenvalue weighted by Crippen LogP contribution is 2.20. The number of carbonyl (C=O) groups is 2. The van der Waals surface area contributed by atoms with Crippen molar-refractivity contribution in [2.24, 2.45) is 0 Å². The van der Waals surface area contributed by atoms with Crippen LogP contribution in [-0.4, -0.2) is 61.1 Å². The molecular formula is C18H22N4O3. The number of anilines is 1. The van der Waals surface area contributed by atoms with Crippen molar-refractivity contribution < 1.29 is 14.3 Å². The molecule has 0 bridgehead atoms. The number of pyridine rings is 1. The molecule has 0 spiro atoms. The van der Waals surface area contributed by atoms with Gasteiger partial charge in [-0.05, 0) is 37.2 Å². The number of hydrogen-bond donors (Lipinski definition) is 2. The molecule has 1 aromatic carbocycles. The molecule has 1 aliphatic rings. The highest BCUT2D eigenvalue weighted by molar-refractivity contribution is 6.40. The van der Waals surface area contributed by atoms with E-state index in [0.29, 0.717) is 12.2 Å². The maximum atomic E-state index is 12.1. The van der Waals surface area contributed by atoms with Gasteiger partial charge in [-0.3, -0.25) is 19.5 Å². The summed E-state index contributed by atoms with van der Waals surface area (Å²) in [7, 11) is 0. The lowest BCUT2D eigenvalue weighted by Gasteiger charge is -2.26. The van der Waals surface area contributed by atoms with Crippen LogP contribution in [0.2, 0.25) is 0 Å². The molecule has 2 amide bonds. The van der Waals surface area contributed by atoms with Crippen molar-refractivity contribution in [3.05, 3.63) is 36.5 Å². The fraction of sp³-hybridized carbons (Fsp3) is 0.389. The normalized spacial score (nSPS) is 15.0. The molecule has 0 unspecified atom stereocenters. The van der Waals surface area contributed by atoms with Crippen LogP contribution in [-0.2, 0) is 14.3 Å². The number of morpholine rings is 1. The lowest BCUT2D eigenvalue weighted by Crippen LogP contribution is -2.39. The summed E-state index contributed by atoms with van der Waals surface area (Å²) in [6.45, 7) is 4.72. The predicted octanol–water partition coefficient (Wildman–Crippen LogP) is 1.01. The number of carbonyl (C=O) groups excluding carboxylic acids is 2. The van der Waals surface area contributed by atoms with Crippen molar-refractivity contribution in [1.82, 2.24) is 15.2 Å². The Kier molecular flexibility index (Phi) is 5.92. The summed E-state index contributed by atoms with van der Waals surface area (Å²) in [6, 6.07) is 9.07. The molecule has 2 heterocycles. The Morgan fingerprint density at radius 1 is 1.12 bits per heavy atom. The molecule has 0 aliphatic carbocycles. The molecule has 3 rings (SSSR count). The SMILES string of the molecule is O=C(NCCCN1CCOCC1)C(=O)Nc1cccc2ncccc12. The molecule has 1 saturated heterocycles. The highest BCUT2D eigenvalue weighted by atomic mass is 16.5. The molecule has 0 saturated carbocycles. The second kappa shape index (κ2) is 8.55. The van der Waals surface area contributed by atoms with E-state index in [2.05, 4.69) is 20.5 Å². The summed E-state index contributed by atoms with van der Waals surface area (Å²) in [5, 5.41) is 6.13. The average molecular weight is 342 g/mol. The van der Waals surface area contributed by atoms with Gasteiger partial charge >= 0.3 is 11.8 Å². The topological polar surface area (TPSA) is 83.6 Å². The molecule has 132 valence electrons. The Hall–Kier alpha value is -2.51. The number of rotatable bonds is 5. The summed E-state index contributed by atoms with van der Waals surface area (Å²) in [5.41, 5.74) is 1.35. The van der Waals surface area contributed by atoms with Gasteiger partial charge in [0.1, 0.15) is 0 Å². The lowest BCUT2D eigenvalue weighted by molar-refractivity contribution is -0.136. The quantitative estimate of drug-likeness (QED) is 0.626. The van der Waals surface area contributed by atoms with Crippen molar-refractivity contribution >= 4 is 28.4 Å². The van der Waals surface area contributed by atoms with E-state index in [1.165, 1.54) is 0 Å². The van der Waals surface area contributed by atoms with Gasteiger partial charge in [-0.1, -0.05) is 6.07 Å². The molecule has 25 heavy (non-hydrogen) atoms. The van der Waals surface area contributed by atoms with Gasteiger partial charge in [0, 0.05) is 31.2 Å². The van der Waals surface area contributed by atoms with E-state index in [-0.39, 0.29) is 0 Å². The van der Waals surface area contributed by atoms with Gasteiger partial charge in [0.05, 0.1) is 24.4 Å². The molecule has 1 aliphatic heterocycles. The van der Waals surface area contributed by atoms with E-state index < -0.39 is 11.8 Å². The van der Waals surface area contributed by atoms with Gasteiger partial charge in [0.2, 0.25) is 0 Å². The minimum atomic E-state index is -0.664. The van der Waals surface area contributed by atoms with Crippen molar-refractivity contribution in [3.63, 3.8) is 0 Å². The van der Waals surface area contributed by atoms with E-state index in [4.69, 9.17) is 4.74 Å². The Labute approximate surface area is 146 Å². The largest absolute Gasteiger partial charge is 0.379 e. The second-order valence-electron chi connectivity index (χ2n) is 5.89. The smallest absolute Gasteiger partial charge is 0.313 e. The van der Waals surface area contributed by atoms with Crippen LogP contribution in [0.5, 0.6) is 0 Å². The van der Waals surface area contributed by atoms with Gasteiger partial charge in [0.25, 0.3) is 0 Å². The summed E-state index contributed by atoms with van der Waals surface area (Å²) < 4.78 is 5.29. The molecule has 7 heteroatoms. The Morgan fingerprint density at radius 2 is 1.96 bits per heavy atom. The second-order valence-corrected chi connectivity index (χ2v) is 5.89. The predicted molar refractivity (Wildman–Crippen MR) is 95.3 cm³/mol. The van der Waals surface area contributed by atoms with Crippen LogP contribution in [0.25, 0.3) is 10.9 Å². The first kappa shape index (κ1) is 17.3. The number of amides is 2. The zero-order valence-corrected chi connectivity index (χ0v) is 14.0. The minimum absolute atomic E-state index is 0.473. The highest BCUT2D eigenvalue weighted by Gasteiger charge is 2.15. The van der Waals surface area contributed by atoms with Crippen LogP contribution in [0.4, 0.5) is 5.69 Å². The first-order valence-corrected chi connectivity index (χ1v) is 8.47. The van der Waals surface area contributed by atoms with Gasteiger partial charge < -0.3 is 15.4 Å². The minimum Gasteiger partial charge on any atom is -0.379 e. The summed E-state index contributed by atoms with van der Waals surface area (Å²) in [4.78, 5) is 30.6. The first-order valence-electron chi connectivity index (χ1n) is 8.47. The third kappa shape index (κ3) is 4.74. The average Bonchev–Trinajstić information content (AvgIpc) is 2.66. The molecule has 0 radical (unpaired) electrons. The lowest BCUT2D eigenvalue weighted by atomic mass is 10.2. The molecule has 2 aromatic rings. The fourth-order valence-corrected chi connectivity index (χ4v) is 2.80. The standard InChI is InChI=1S/C18H22N4O3/c23-17(20-8-3-9-22-10-12-25-13-11-22)18(24)21-16-6-1-5-15-14(16)4-2-7-19-15/h1-2,4-7H,3,8-13H2,(H,20,23)(H,21,24). The Bertz CT molecular complexity index is 739. The van der Waals surface area contributed by atoms with Crippen LogP contribution in [0, 0.1) is 0 Å². The van der Waals surface area contributed by atoms with Crippen molar-refractivity contribution in [1.29, 1.82) is 0 Å². The maximum Gasteiger partial charge on any atom is 0.313 e. The van der Waals surface area contributed by atoms with Gasteiger partial charge in [-0.25, -0.2) is 0 Å². The maximum absolute atomic E-state index is 12.1. The molecule has 1 fully saturated rings. The van der Waals surface area contributed by atoms with Gasteiger partial charge in [0.15, 0.2) is 0 Å². The third-order valence-corrected chi connectivity index (χ3v) is 4.14. The van der Waals surface area contributed by atoms with Crippen LogP contribution in [0.3, 0.4) is 0 Å². The van der Waals surface area contributed by atoms with E-state index in [9.17, 15) is 9.59 Å². The van der Waals surface area contributed by atoms with E-state index in [0.717, 1.165) is 50.2 Å². The third-order valence-electron chi connectivity index (χ3n) is 4.14. The van der Waals surface area contributed by atoms with E-state index in [1.807, 2.05) is 12.1 Å². The van der Waals surface area contributed by atoms with Crippen LogP contribution >= 0.6 is 0 Å². The van der Waals surface area contributed by atoms with E-state index >= 15 is 0 Å². The molecular weight excluding hydrogens is 320 g/mol. The summed E-state index contributed by atoms with van der Waals surface area (Å²) in [6.07, 6.45) is 2.49. The zero-order chi connectivity index (χ0) is 17.5. The number of hydrogen-bond acceptors (Lipinski definition) is 5. The van der Waals surface area contributed by atoms with Crippen molar-refractivity contribution in [2.75, 3.05) is 44.7 Å². The fourth-order valence-electron chi connectivity index (χ4n) is 2.80. The molecule has 7 nitrogen and oxygen atoms in total. The first-order chi connectivity index (χ1) is 12.2. The molecule has 0 atom stereocenters. The number of fused-ring (bicyclic) bond motifs is 1. The Morgan fingerprint density at radius 3 is 2.80 bits per heavy atom. The van der Waals surface area contributed by atoms with Crippen LogP contribution in [0.15, 0.2) is 36.5 Å². The number of benzene rings is 1. The van der Waals surface area contributed by atoms with Crippen molar-refractivity contribution in [2.45, 2.75) is 6.42 Å². The number of nitrogens with zero attached hydrogens (tertiary/aromatic N) is 2. The molecule has 1 aromatic heterocycles. The van der Waals surface area contributed by atoms with Crippen LogP contribution < -0.4 is 10.6 Å². The van der Waals surface area contributed by atoms with Crippen LogP contribution in [0.1, 0.15) is 6.42 Å². The summed E-state index contributed by atoms with van der Waals surface area (Å²) in [5.74, 6) is -1.29. The van der Waals surface area contributed by atoms with Gasteiger partial charge in [-0.15, -0.1) is 0 Å². The monoisotopic (exact) mass is 342 g/mol. The number of aromatic nitrogens is 1. The number of nitrogens with one attached hydrogen (secondary N) is 2. The number of ether oxygens (including phenoxy) is 1. The molecule has 2 N–H and O–H groups in total. The van der Waals surface area contributed by atoms with Gasteiger partial charge in [-0.2, -0.15) is 0 Å².